The SMILES string of the molecule is O=C(Nc1cc(Cl)ncn1)c1cc(Br)sc1Br. The molecule has 17 heavy (non-hydrogen) atoms. The third-order valence-corrected chi connectivity index (χ3v) is 4.32. The Morgan fingerprint density at radius 1 is 1.35 bits per heavy atom. The number of rotatable bonds is 2. The highest BCUT2D eigenvalue weighted by Gasteiger charge is 2.14. The van der Waals surface area contributed by atoms with E-state index in [1.807, 2.05) is 0 Å². The van der Waals surface area contributed by atoms with Crippen LogP contribution in [0.3, 0.4) is 0 Å². The molecular weight excluding hydrogens is 393 g/mol. The lowest BCUT2D eigenvalue weighted by Gasteiger charge is -2.02. The molecule has 4 nitrogen and oxygen atoms in total. The molecule has 1 amide bonds. The number of amides is 1. The van der Waals surface area contributed by atoms with Gasteiger partial charge in [-0.1, -0.05) is 11.6 Å². The fraction of sp³-hybridized carbons (Fsp3) is 0. The zero-order chi connectivity index (χ0) is 12.4. The predicted molar refractivity (Wildman–Crippen MR) is 74.7 cm³/mol. The van der Waals surface area contributed by atoms with Crippen molar-refractivity contribution in [2.45, 2.75) is 0 Å². The third-order valence-electron chi connectivity index (χ3n) is 1.78. The number of anilines is 1. The lowest BCUT2D eigenvalue weighted by atomic mass is 10.3. The Balaban J connectivity index is 2.20. The molecule has 8 heteroatoms. The molecule has 88 valence electrons. The maximum atomic E-state index is 11.9. The first kappa shape index (κ1) is 12.9. The number of halogens is 3. The van der Waals surface area contributed by atoms with Crippen LogP contribution >= 0.6 is 54.8 Å². The van der Waals surface area contributed by atoms with Gasteiger partial charge in [0.1, 0.15) is 17.3 Å². The maximum Gasteiger partial charge on any atom is 0.258 e. The van der Waals surface area contributed by atoms with Gasteiger partial charge >= 0.3 is 0 Å². The van der Waals surface area contributed by atoms with Crippen molar-refractivity contribution in [2.75, 3.05) is 5.32 Å². The first-order valence-corrected chi connectivity index (χ1v) is 7.08. The summed E-state index contributed by atoms with van der Waals surface area (Å²) in [5.74, 6) is 0.109. The third kappa shape index (κ3) is 3.25. The second kappa shape index (κ2) is 5.43. The Hall–Kier alpha value is -0.500. The Bertz CT molecular complexity index is 575. The van der Waals surface area contributed by atoms with E-state index in [2.05, 4.69) is 47.1 Å². The lowest BCUT2D eigenvalue weighted by Crippen LogP contribution is -2.12. The van der Waals surface area contributed by atoms with E-state index in [-0.39, 0.29) is 11.1 Å². The fourth-order valence-electron chi connectivity index (χ4n) is 1.08. The quantitative estimate of drug-likeness (QED) is 0.781. The molecule has 0 aromatic carbocycles. The van der Waals surface area contributed by atoms with Crippen molar-refractivity contribution in [3.05, 3.63) is 36.7 Å². The van der Waals surface area contributed by atoms with E-state index in [4.69, 9.17) is 11.6 Å². The topological polar surface area (TPSA) is 54.9 Å². The summed E-state index contributed by atoms with van der Waals surface area (Å²) in [7, 11) is 0. The predicted octanol–water partition coefficient (Wildman–Crippen LogP) is 3.97. The average molecular weight is 397 g/mol. The van der Waals surface area contributed by atoms with Crippen LogP contribution in [0.1, 0.15) is 10.4 Å². The molecule has 0 unspecified atom stereocenters. The van der Waals surface area contributed by atoms with Crippen molar-refractivity contribution in [1.82, 2.24) is 9.97 Å². The minimum atomic E-state index is -0.256. The minimum absolute atomic E-state index is 0.256. The molecule has 0 bridgehead atoms. The number of nitrogens with zero attached hydrogens (tertiary/aromatic N) is 2. The zero-order valence-corrected chi connectivity index (χ0v) is 12.8. The van der Waals surface area contributed by atoms with Gasteiger partial charge in [-0.25, -0.2) is 9.97 Å². The summed E-state index contributed by atoms with van der Waals surface area (Å²) >= 11 is 13.7. The molecule has 0 atom stereocenters. The van der Waals surface area contributed by atoms with Crippen LogP contribution in [-0.2, 0) is 0 Å². The van der Waals surface area contributed by atoms with Crippen molar-refractivity contribution in [2.24, 2.45) is 0 Å². The molecule has 0 spiro atoms. The van der Waals surface area contributed by atoms with Crippen LogP contribution in [0.5, 0.6) is 0 Å². The maximum absolute atomic E-state index is 11.9. The van der Waals surface area contributed by atoms with Crippen molar-refractivity contribution in [3.63, 3.8) is 0 Å². The molecule has 2 aromatic heterocycles. The van der Waals surface area contributed by atoms with E-state index < -0.39 is 0 Å². The van der Waals surface area contributed by atoms with Gasteiger partial charge in [-0.2, -0.15) is 0 Å². The molecule has 1 N–H and O–H groups in total. The summed E-state index contributed by atoms with van der Waals surface area (Å²) in [5.41, 5.74) is 0.539. The van der Waals surface area contributed by atoms with Gasteiger partial charge in [0.15, 0.2) is 0 Å². The van der Waals surface area contributed by atoms with Crippen LogP contribution in [0.15, 0.2) is 26.0 Å². The summed E-state index contributed by atoms with van der Waals surface area (Å²) in [6.07, 6.45) is 1.29. The van der Waals surface area contributed by atoms with E-state index >= 15 is 0 Å². The summed E-state index contributed by atoms with van der Waals surface area (Å²) in [5, 5.41) is 2.91. The second-order valence-electron chi connectivity index (χ2n) is 2.92. The van der Waals surface area contributed by atoms with Gasteiger partial charge in [0, 0.05) is 6.07 Å². The minimum Gasteiger partial charge on any atom is -0.306 e. The summed E-state index contributed by atoms with van der Waals surface area (Å²) in [6.45, 7) is 0. The molecule has 0 aliphatic heterocycles. The van der Waals surface area contributed by atoms with Gasteiger partial charge < -0.3 is 5.32 Å². The molecule has 0 radical (unpaired) electrons. The van der Waals surface area contributed by atoms with Crippen molar-refractivity contribution >= 4 is 66.5 Å². The van der Waals surface area contributed by atoms with E-state index in [0.29, 0.717) is 11.4 Å². The van der Waals surface area contributed by atoms with Crippen LogP contribution in [0.25, 0.3) is 0 Å². The van der Waals surface area contributed by atoms with Crippen molar-refractivity contribution in [1.29, 1.82) is 0 Å². The summed E-state index contributed by atoms with van der Waals surface area (Å²) in [4.78, 5) is 19.5. The number of nitrogens with one attached hydrogen (secondary N) is 1. The number of hydrogen-bond donors (Lipinski definition) is 1. The molecule has 0 saturated heterocycles. The number of hydrogen-bond acceptors (Lipinski definition) is 4. The summed E-state index contributed by atoms with van der Waals surface area (Å²) < 4.78 is 1.62. The molecule has 2 heterocycles. The largest absolute Gasteiger partial charge is 0.306 e. The van der Waals surface area contributed by atoms with Gasteiger partial charge in [-0.3, -0.25) is 4.79 Å². The molecule has 0 fully saturated rings. The van der Waals surface area contributed by atoms with Gasteiger partial charge in [0.2, 0.25) is 0 Å². The van der Waals surface area contributed by atoms with Crippen LogP contribution in [0, 0.1) is 0 Å². The van der Waals surface area contributed by atoms with Gasteiger partial charge in [-0.05, 0) is 37.9 Å². The Labute approximate surface area is 123 Å². The highest BCUT2D eigenvalue weighted by Crippen LogP contribution is 2.32. The number of carbonyl (C=O) groups is 1. The smallest absolute Gasteiger partial charge is 0.258 e. The number of carbonyl (C=O) groups excluding carboxylic acids is 1. The first-order valence-electron chi connectivity index (χ1n) is 4.30. The van der Waals surface area contributed by atoms with E-state index in [0.717, 1.165) is 7.57 Å². The van der Waals surface area contributed by atoms with Crippen LogP contribution in [0.4, 0.5) is 5.82 Å². The second-order valence-corrected chi connectivity index (χ2v) is 7.05. The van der Waals surface area contributed by atoms with Gasteiger partial charge in [-0.15, -0.1) is 11.3 Å². The molecule has 0 saturated carbocycles. The van der Waals surface area contributed by atoms with Gasteiger partial charge in [0.25, 0.3) is 5.91 Å². The van der Waals surface area contributed by atoms with Crippen LogP contribution < -0.4 is 5.32 Å². The van der Waals surface area contributed by atoms with E-state index in [9.17, 15) is 4.79 Å². The number of thiophene rings is 1. The Morgan fingerprint density at radius 2 is 2.12 bits per heavy atom. The standard InChI is InChI=1S/C9H4Br2ClN3OS/c10-5-1-4(8(11)17-5)9(16)15-7-2-6(12)13-3-14-7/h1-3H,(H,13,14,15,16). The van der Waals surface area contributed by atoms with Crippen molar-refractivity contribution in [3.8, 4) is 0 Å². The zero-order valence-electron chi connectivity index (χ0n) is 8.08. The first-order chi connectivity index (χ1) is 8.06. The van der Waals surface area contributed by atoms with Gasteiger partial charge in [0.05, 0.1) is 13.1 Å². The van der Waals surface area contributed by atoms with E-state index in [1.165, 1.54) is 23.7 Å². The molecule has 0 aliphatic carbocycles. The highest BCUT2D eigenvalue weighted by molar-refractivity contribution is 9.12. The van der Waals surface area contributed by atoms with Crippen LogP contribution in [-0.4, -0.2) is 15.9 Å². The number of aromatic nitrogens is 2. The monoisotopic (exact) mass is 395 g/mol. The molecule has 0 aliphatic rings. The normalized spacial score (nSPS) is 10.3. The average Bonchev–Trinajstić information content (AvgIpc) is 2.58. The fourth-order valence-corrected chi connectivity index (χ4v) is 4.02. The van der Waals surface area contributed by atoms with E-state index in [1.54, 1.807) is 6.07 Å². The highest BCUT2D eigenvalue weighted by atomic mass is 79.9. The molecule has 2 aromatic rings. The molecule has 2 rings (SSSR count). The Kier molecular flexibility index (Phi) is 4.13. The summed E-state index contributed by atoms with van der Waals surface area (Å²) in [6, 6.07) is 3.21. The van der Waals surface area contributed by atoms with Crippen LogP contribution in [0.2, 0.25) is 5.15 Å². The molecular formula is C9H4Br2ClN3OS. The van der Waals surface area contributed by atoms with Crippen molar-refractivity contribution < 1.29 is 4.79 Å². The lowest BCUT2D eigenvalue weighted by molar-refractivity contribution is 0.102. The Morgan fingerprint density at radius 3 is 2.71 bits per heavy atom.